The Kier molecular flexibility index (Phi) is 5.70. The summed E-state index contributed by atoms with van der Waals surface area (Å²) in [6.45, 7) is 1.82. The van der Waals surface area contributed by atoms with Gasteiger partial charge in [-0.3, -0.25) is 0 Å². The zero-order chi connectivity index (χ0) is 22.9. The molecule has 2 atom stereocenters. The molecule has 3 aromatic carbocycles. The number of anilines is 1. The Labute approximate surface area is 189 Å². The van der Waals surface area contributed by atoms with E-state index in [0.29, 0.717) is 23.5 Å². The second-order valence-electron chi connectivity index (χ2n) is 8.19. The van der Waals surface area contributed by atoms with Crippen molar-refractivity contribution in [2.75, 3.05) is 12.0 Å². The van der Waals surface area contributed by atoms with E-state index in [1.165, 1.54) is 21.8 Å². The summed E-state index contributed by atoms with van der Waals surface area (Å²) in [5, 5.41) is 5.65. The fraction of sp³-hybridized carbons (Fsp3) is 0.269. The molecular weight excluding hydrogens is 425 g/mol. The maximum Gasteiger partial charge on any atom is 0.204 e. The molecule has 0 amide bonds. The van der Waals surface area contributed by atoms with Crippen LogP contribution in [-0.2, 0) is 19.6 Å². The summed E-state index contributed by atoms with van der Waals surface area (Å²) in [4.78, 5) is 4.56. The number of benzene rings is 3. The molecule has 2 aromatic heterocycles. The first kappa shape index (κ1) is 21.4. The molecule has 0 saturated heterocycles. The molecule has 1 N–H and O–H groups in total. The first-order valence-electron chi connectivity index (χ1n) is 11.1. The summed E-state index contributed by atoms with van der Waals surface area (Å²) in [7, 11) is 0. The van der Waals surface area contributed by atoms with Crippen molar-refractivity contribution in [2.24, 2.45) is 0 Å². The van der Waals surface area contributed by atoms with Gasteiger partial charge in [0.05, 0.1) is 17.6 Å². The number of nitrogens with zero attached hydrogens (tertiary/aromatic N) is 3. The summed E-state index contributed by atoms with van der Waals surface area (Å²) >= 11 is 0. The molecule has 170 valence electrons. The van der Waals surface area contributed by atoms with Gasteiger partial charge in [0.1, 0.15) is 6.67 Å². The quantitative estimate of drug-likeness (QED) is 0.296. The number of fused-ring (bicyclic) bond motifs is 4. The lowest BCUT2D eigenvalue weighted by molar-refractivity contribution is 0.124. The van der Waals surface area contributed by atoms with Gasteiger partial charge < -0.3 is 14.5 Å². The fourth-order valence-electron chi connectivity index (χ4n) is 4.51. The van der Waals surface area contributed by atoms with E-state index in [4.69, 9.17) is 0 Å². The zero-order valence-electron chi connectivity index (χ0n) is 18.3. The third-order valence-electron chi connectivity index (χ3n) is 6.16. The number of hydrogen-bond acceptors (Lipinski definition) is 2. The van der Waals surface area contributed by atoms with Crippen LogP contribution in [0.3, 0.4) is 0 Å². The molecule has 0 aliphatic carbocycles. The van der Waals surface area contributed by atoms with Gasteiger partial charge in [-0.2, -0.15) is 0 Å². The van der Waals surface area contributed by atoms with Gasteiger partial charge in [-0.25, -0.2) is 18.2 Å². The van der Waals surface area contributed by atoms with Crippen molar-refractivity contribution in [3.63, 3.8) is 0 Å². The number of aryl methyl sites for hydroxylation is 1. The van der Waals surface area contributed by atoms with E-state index in [9.17, 15) is 13.2 Å². The molecule has 0 spiro atoms. The van der Waals surface area contributed by atoms with Crippen LogP contribution >= 0.6 is 0 Å². The number of halogens is 3. The smallest absolute Gasteiger partial charge is 0.204 e. The summed E-state index contributed by atoms with van der Waals surface area (Å²) in [5.74, 6) is 0.431. The maximum absolute atomic E-state index is 14.3. The van der Waals surface area contributed by atoms with E-state index < -0.39 is 19.0 Å². The Morgan fingerprint density at radius 1 is 0.848 bits per heavy atom. The highest BCUT2D eigenvalue weighted by molar-refractivity contribution is 6.08. The van der Waals surface area contributed by atoms with Crippen LogP contribution in [0.5, 0.6) is 0 Å². The average Bonchev–Trinajstić information content (AvgIpc) is 3.36. The first-order chi connectivity index (χ1) is 16.1. The van der Waals surface area contributed by atoms with Crippen molar-refractivity contribution >= 4 is 38.8 Å². The van der Waals surface area contributed by atoms with E-state index in [1.807, 2.05) is 30.3 Å². The van der Waals surface area contributed by atoms with Crippen molar-refractivity contribution in [3.8, 4) is 0 Å². The zero-order valence-corrected chi connectivity index (χ0v) is 18.3. The fourth-order valence-corrected chi connectivity index (χ4v) is 4.51. The monoisotopic (exact) mass is 450 g/mol. The van der Waals surface area contributed by atoms with Crippen molar-refractivity contribution in [1.29, 1.82) is 0 Å². The molecule has 0 fully saturated rings. The summed E-state index contributed by atoms with van der Waals surface area (Å²) < 4.78 is 44.4. The molecule has 2 heterocycles. The van der Waals surface area contributed by atoms with Gasteiger partial charge in [-0.1, -0.05) is 36.4 Å². The van der Waals surface area contributed by atoms with Gasteiger partial charge in [-0.15, -0.1) is 0 Å². The molecule has 0 radical (unpaired) electrons. The minimum absolute atomic E-state index is 0.309. The predicted molar refractivity (Wildman–Crippen MR) is 128 cm³/mol. The first-order valence-corrected chi connectivity index (χ1v) is 11.1. The molecule has 5 rings (SSSR count). The Bertz CT molecular complexity index is 1420. The number of rotatable bonds is 8. The highest BCUT2D eigenvalue weighted by Gasteiger charge is 2.23. The van der Waals surface area contributed by atoms with Crippen LogP contribution < -0.4 is 5.32 Å². The molecule has 0 saturated carbocycles. The van der Waals surface area contributed by atoms with Gasteiger partial charge in [0.25, 0.3) is 0 Å². The Balaban J connectivity index is 1.47. The second kappa shape index (κ2) is 8.81. The molecule has 4 nitrogen and oxygen atoms in total. The number of nitrogens with one attached hydrogen (secondary N) is 1. The Morgan fingerprint density at radius 2 is 1.58 bits per heavy atom. The number of imidazole rings is 1. The predicted octanol–water partition coefficient (Wildman–Crippen LogP) is 6.42. The highest BCUT2D eigenvalue weighted by Crippen LogP contribution is 2.30. The minimum Gasteiger partial charge on any atom is -0.352 e. The van der Waals surface area contributed by atoms with E-state index in [1.54, 1.807) is 10.6 Å². The molecule has 0 aliphatic rings. The molecule has 33 heavy (non-hydrogen) atoms. The lowest BCUT2D eigenvalue weighted by Crippen LogP contribution is -2.25. The maximum atomic E-state index is 14.3. The third-order valence-corrected chi connectivity index (χ3v) is 6.16. The molecule has 2 unspecified atom stereocenters. The van der Waals surface area contributed by atoms with Crippen LogP contribution in [0, 0.1) is 0 Å². The number of para-hydroxylation sites is 3. The average molecular weight is 451 g/mol. The minimum atomic E-state index is -2.16. The van der Waals surface area contributed by atoms with Gasteiger partial charge in [-0.05, 0) is 42.8 Å². The van der Waals surface area contributed by atoms with Crippen molar-refractivity contribution in [2.45, 2.75) is 38.9 Å². The van der Waals surface area contributed by atoms with Crippen molar-refractivity contribution in [1.82, 2.24) is 14.1 Å². The summed E-state index contributed by atoms with van der Waals surface area (Å²) in [6.07, 6.45) is -4.11. The highest BCUT2D eigenvalue weighted by atomic mass is 19.2. The number of aromatic nitrogens is 3. The van der Waals surface area contributed by atoms with Crippen LogP contribution in [0.4, 0.5) is 19.1 Å². The van der Waals surface area contributed by atoms with Gasteiger partial charge in [0.2, 0.25) is 5.95 Å². The van der Waals surface area contributed by atoms with Crippen LogP contribution in [-0.4, -0.2) is 33.1 Å². The normalized spacial score (nSPS) is 13.7. The SMILES string of the molecule is CCn1c2ccccc2c2cc(CNc3nc4ccccc4n3CC(F)C(F)CF)ccc21. The van der Waals surface area contributed by atoms with E-state index >= 15 is 0 Å². The van der Waals surface area contributed by atoms with Gasteiger partial charge >= 0.3 is 0 Å². The van der Waals surface area contributed by atoms with Crippen molar-refractivity contribution < 1.29 is 13.2 Å². The summed E-state index contributed by atoms with van der Waals surface area (Å²) in [5.41, 5.74) is 4.77. The van der Waals surface area contributed by atoms with Crippen LogP contribution in [0.2, 0.25) is 0 Å². The molecular formula is C26H25F3N4. The van der Waals surface area contributed by atoms with Crippen LogP contribution in [0.15, 0.2) is 66.7 Å². The third kappa shape index (κ3) is 3.81. The van der Waals surface area contributed by atoms with E-state index in [0.717, 1.165) is 12.1 Å². The Morgan fingerprint density at radius 3 is 2.36 bits per heavy atom. The lowest BCUT2D eigenvalue weighted by Gasteiger charge is -2.15. The molecule has 0 aliphatic heterocycles. The van der Waals surface area contributed by atoms with Crippen LogP contribution in [0.1, 0.15) is 12.5 Å². The largest absolute Gasteiger partial charge is 0.352 e. The molecule has 5 aromatic rings. The summed E-state index contributed by atoms with van der Waals surface area (Å²) in [6, 6.07) is 21.9. The van der Waals surface area contributed by atoms with Gasteiger partial charge in [0.15, 0.2) is 12.3 Å². The molecule has 0 bridgehead atoms. The number of hydrogen-bond donors (Lipinski definition) is 1. The van der Waals surface area contributed by atoms with E-state index in [-0.39, 0.29) is 6.54 Å². The van der Waals surface area contributed by atoms with E-state index in [2.05, 4.69) is 52.1 Å². The standard InChI is InChI=1S/C26H25F3N4/c1-2-32-23-9-5-3-7-18(23)19-13-17(11-12-24(19)32)15-30-26-31-22-8-4-6-10-25(22)33(26)16-21(29)20(28)14-27/h3-13,20-21H,2,14-16H2,1H3,(H,30,31). The topological polar surface area (TPSA) is 34.8 Å². The molecule has 7 heteroatoms. The second-order valence-corrected chi connectivity index (χ2v) is 8.19. The van der Waals surface area contributed by atoms with Gasteiger partial charge in [0, 0.05) is 34.9 Å². The van der Waals surface area contributed by atoms with Crippen LogP contribution in [0.25, 0.3) is 32.8 Å². The lowest BCUT2D eigenvalue weighted by atomic mass is 10.1. The van der Waals surface area contributed by atoms with Crippen molar-refractivity contribution in [3.05, 3.63) is 72.3 Å². The Hall–Kier alpha value is -3.48. The number of alkyl halides is 3.